The minimum atomic E-state index is -0.303. The maximum atomic E-state index is 12.3. The van der Waals surface area contributed by atoms with Gasteiger partial charge in [-0.1, -0.05) is 29.3 Å². The van der Waals surface area contributed by atoms with E-state index in [0.29, 0.717) is 31.4 Å². The number of aromatic hydroxyl groups is 1. The minimum Gasteiger partial charge on any atom is -0.502 e. The number of methoxy groups -OCH3 is 2. The van der Waals surface area contributed by atoms with Crippen LogP contribution in [0.5, 0.6) is 17.2 Å². The van der Waals surface area contributed by atoms with Gasteiger partial charge in [-0.3, -0.25) is 4.79 Å². The van der Waals surface area contributed by atoms with Gasteiger partial charge in [0.2, 0.25) is 5.75 Å². The number of carbonyl (C=O) groups is 1. The molecule has 3 rings (SSSR count). The van der Waals surface area contributed by atoms with Crippen molar-refractivity contribution in [3.8, 4) is 17.2 Å². The normalized spacial score (nSPS) is 16.7. The Kier molecular flexibility index (Phi) is 5.84. The summed E-state index contributed by atoms with van der Waals surface area (Å²) in [5.74, 6) is 0.0693. The van der Waals surface area contributed by atoms with E-state index in [4.69, 9.17) is 32.7 Å². The van der Waals surface area contributed by atoms with E-state index in [2.05, 4.69) is 10.3 Å². The molecule has 1 fully saturated rings. The van der Waals surface area contributed by atoms with Crippen LogP contribution in [0.15, 0.2) is 40.2 Å². The van der Waals surface area contributed by atoms with Gasteiger partial charge in [0.05, 0.1) is 34.9 Å². The molecule has 2 aromatic rings. The summed E-state index contributed by atoms with van der Waals surface area (Å²) in [4.78, 5) is 17.0. The van der Waals surface area contributed by atoms with Crippen LogP contribution in [0.1, 0.15) is 5.56 Å². The molecule has 0 spiro atoms. The van der Waals surface area contributed by atoms with Gasteiger partial charge in [0.25, 0.3) is 5.91 Å². The van der Waals surface area contributed by atoms with E-state index >= 15 is 0 Å². The molecule has 0 aromatic heterocycles. The second-order valence-electron chi connectivity index (χ2n) is 5.33. The highest BCUT2D eigenvalue weighted by atomic mass is 35.5. The molecule has 1 heterocycles. The number of hydrogen-bond acceptors (Lipinski definition) is 6. The van der Waals surface area contributed by atoms with Gasteiger partial charge in [0.15, 0.2) is 16.7 Å². The Hall–Kier alpha value is -2.35. The van der Waals surface area contributed by atoms with Crippen molar-refractivity contribution < 1.29 is 19.4 Å². The van der Waals surface area contributed by atoms with Crippen LogP contribution in [0.2, 0.25) is 10.0 Å². The predicted octanol–water partition coefficient (Wildman–Crippen LogP) is 4.61. The minimum absolute atomic E-state index is 0.108. The first-order valence-corrected chi connectivity index (χ1v) is 9.18. The maximum Gasteiger partial charge on any atom is 0.264 e. The molecule has 9 heteroatoms. The molecule has 6 nitrogen and oxygen atoms in total. The monoisotopic (exact) mass is 424 g/mol. The standard InChI is InChI=1S/C18H14Cl2N2O4S/c1-25-12-6-9(7-13(26-2)16(12)23)8-14-17(24)22-18(27-14)21-11-5-3-4-10(19)15(11)20/h3-8,23H,1-2H3,(H,21,22,24)/b14-8-. The summed E-state index contributed by atoms with van der Waals surface area (Å²) in [6.45, 7) is 0. The second kappa shape index (κ2) is 8.12. The fourth-order valence-electron chi connectivity index (χ4n) is 2.32. The van der Waals surface area contributed by atoms with Crippen molar-refractivity contribution in [1.82, 2.24) is 5.32 Å². The van der Waals surface area contributed by atoms with Crippen LogP contribution in [0.4, 0.5) is 5.69 Å². The largest absolute Gasteiger partial charge is 0.502 e. The Morgan fingerprint density at radius 1 is 1.19 bits per heavy atom. The molecule has 27 heavy (non-hydrogen) atoms. The number of amides is 1. The van der Waals surface area contributed by atoms with E-state index in [9.17, 15) is 9.90 Å². The molecule has 0 unspecified atom stereocenters. The summed E-state index contributed by atoms with van der Waals surface area (Å²) in [7, 11) is 2.86. The summed E-state index contributed by atoms with van der Waals surface area (Å²) in [6.07, 6.45) is 1.65. The zero-order valence-corrected chi connectivity index (χ0v) is 16.6. The van der Waals surface area contributed by atoms with Crippen molar-refractivity contribution in [2.75, 3.05) is 14.2 Å². The van der Waals surface area contributed by atoms with E-state index < -0.39 is 0 Å². The van der Waals surface area contributed by atoms with Gasteiger partial charge in [0, 0.05) is 0 Å². The van der Waals surface area contributed by atoms with E-state index in [1.807, 2.05) is 0 Å². The third-order valence-electron chi connectivity index (χ3n) is 3.60. The van der Waals surface area contributed by atoms with Crippen molar-refractivity contribution in [2.45, 2.75) is 0 Å². The molecule has 0 radical (unpaired) electrons. The van der Waals surface area contributed by atoms with Gasteiger partial charge in [0.1, 0.15) is 0 Å². The van der Waals surface area contributed by atoms with Crippen LogP contribution < -0.4 is 14.8 Å². The number of aliphatic imine (C=N–C) groups is 1. The highest BCUT2D eigenvalue weighted by molar-refractivity contribution is 8.18. The number of hydrogen-bond donors (Lipinski definition) is 2. The summed E-state index contributed by atoms with van der Waals surface area (Å²) in [5.41, 5.74) is 1.09. The first kappa shape index (κ1) is 19.4. The van der Waals surface area contributed by atoms with E-state index in [1.54, 1.807) is 36.4 Å². The smallest absolute Gasteiger partial charge is 0.264 e. The molecule has 140 valence electrons. The number of halogens is 2. The predicted molar refractivity (Wildman–Crippen MR) is 108 cm³/mol. The lowest BCUT2D eigenvalue weighted by molar-refractivity contribution is -0.115. The van der Waals surface area contributed by atoms with Gasteiger partial charge >= 0.3 is 0 Å². The van der Waals surface area contributed by atoms with Crippen LogP contribution in [0.3, 0.4) is 0 Å². The fraction of sp³-hybridized carbons (Fsp3) is 0.111. The molecular formula is C18H14Cl2N2O4S. The summed E-state index contributed by atoms with van der Waals surface area (Å²) in [5, 5.41) is 13.7. The Morgan fingerprint density at radius 2 is 1.85 bits per heavy atom. The van der Waals surface area contributed by atoms with Crippen LogP contribution in [-0.4, -0.2) is 30.4 Å². The van der Waals surface area contributed by atoms with Crippen molar-refractivity contribution in [2.24, 2.45) is 4.99 Å². The number of benzene rings is 2. The number of ether oxygens (including phenoxy) is 2. The van der Waals surface area contributed by atoms with Crippen molar-refractivity contribution in [3.05, 3.63) is 50.8 Å². The zero-order valence-electron chi connectivity index (χ0n) is 14.2. The molecule has 1 amide bonds. The lowest BCUT2D eigenvalue weighted by Gasteiger charge is -2.09. The van der Waals surface area contributed by atoms with Crippen molar-refractivity contribution in [3.63, 3.8) is 0 Å². The Balaban J connectivity index is 1.92. The average Bonchev–Trinajstić information content (AvgIpc) is 2.99. The molecule has 0 bridgehead atoms. The Bertz CT molecular complexity index is 951. The molecule has 0 aliphatic carbocycles. The van der Waals surface area contributed by atoms with Crippen molar-refractivity contribution >= 4 is 57.8 Å². The molecule has 2 N–H and O–H groups in total. The number of thioether (sulfide) groups is 1. The number of amidine groups is 1. The topological polar surface area (TPSA) is 80.2 Å². The van der Waals surface area contributed by atoms with Crippen LogP contribution >= 0.6 is 35.0 Å². The second-order valence-corrected chi connectivity index (χ2v) is 7.14. The lowest BCUT2D eigenvalue weighted by atomic mass is 10.1. The first-order chi connectivity index (χ1) is 12.9. The van der Waals surface area contributed by atoms with Gasteiger partial charge in [-0.25, -0.2) is 4.99 Å². The number of rotatable bonds is 4. The van der Waals surface area contributed by atoms with E-state index in [1.165, 1.54) is 14.2 Å². The number of carbonyl (C=O) groups excluding carboxylic acids is 1. The SMILES string of the molecule is COc1cc(/C=C2\SC(=Nc3cccc(Cl)c3Cl)NC2=O)cc(OC)c1O. The summed E-state index contributed by atoms with van der Waals surface area (Å²) < 4.78 is 10.3. The van der Waals surface area contributed by atoms with Crippen LogP contribution in [0.25, 0.3) is 6.08 Å². The lowest BCUT2D eigenvalue weighted by Crippen LogP contribution is -2.19. The Labute approximate surface area is 169 Å². The molecule has 1 aliphatic heterocycles. The van der Waals surface area contributed by atoms with Gasteiger partial charge in [-0.05, 0) is 47.7 Å². The molecule has 0 atom stereocenters. The van der Waals surface area contributed by atoms with Gasteiger partial charge < -0.3 is 19.9 Å². The molecular weight excluding hydrogens is 411 g/mol. The fourth-order valence-corrected chi connectivity index (χ4v) is 3.49. The quantitative estimate of drug-likeness (QED) is 0.700. The first-order valence-electron chi connectivity index (χ1n) is 7.61. The summed E-state index contributed by atoms with van der Waals surface area (Å²) in [6, 6.07) is 8.28. The summed E-state index contributed by atoms with van der Waals surface area (Å²) >= 11 is 13.3. The van der Waals surface area contributed by atoms with Crippen LogP contribution in [-0.2, 0) is 4.79 Å². The molecule has 1 aliphatic rings. The van der Waals surface area contributed by atoms with E-state index in [0.717, 1.165) is 11.8 Å². The molecule has 2 aromatic carbocycles. The number of phenols is 1. The average molecular weight is 425 g/mol. The van der Waals surface area contributed by atoms with Gasteiger partial charge in [-0.2, -0.15) is 0 Å². The third kappa shape index (κ3) is 4.16. The highest BCUT2D eigenvalue weighted by Gasteiger charge is 2.24. The number of nitrogens with zero attached hydrogens (tertiary/aromatic N) is 1. The van der Waals surface area contributed by atoms with Crippen molar-refractivity contribution in [1.29, 1.82) is 0 Å². The molecule has 0 saturated carbocycles. The highest BCUT2D eigenvalue weighted by Crippen LogP contribution is 2.39. The third-order valence-corrected chi connectivity index (χ3v) is 5.32. The maximum absolute atomic E-state index is 12.3. The van der Waals surface area contributed by atoms with Crippen LogP contribution in [0, 0.1) is 0 Å². The molecule has 1 saturated heterocycles. The van der Waals surface area contributed by atoms with Gasteiger partial charge in [-0.15, -0.1) is 0 Å². The Morgan fingerprint density at radius 3 is 2.48 bits per heavy atom. The number of nitrogens with one attached hydrogen (secondary N) is 1. The number of phenolic OH excluding ortho intramolecular Hbond substituents is 1. The zero-order chi connectivity index (χ0) is 19.6. The van der Waals surface area contributed by atoms with E-state index in [-0.39, 0.29) is 23.2 Å².